The van der Waals surface area contributed by atoms with Gasteiger partial charge in [-0.05, 0) is 48.0 Å². The molecule has 0 saturated carbocycles. The molecule has 1 unspecified atom stereocenters. The van der Waals surface area contributed by atoms with E-state index in [0.717, 1.165) is 21.7 Å². The maximum absolute atomic E-state index is 14.0. The van der Waals surface area contributed by atoms with Gasteiger partial charge in [0.2, 0.25) is 5.91 Å². The summed E-state index contributed by atoms with van der Waals surface area (Å²) in [6.45, 7) is 0. The van der Waals surface area contributed by atoms with Gasteiger partial charge in [0.25, 0.3) is 5.91 Å². The van der Waals surface area contributed by atoms with Crippen LogP contribution in [-0.2, 0) is 4.79 Å². The number of thiazole rings is 1. The number of aromatic nitrogens is 1. The summed E-state index contributed by atoms with van der Waals surface area (Å²) in [4.78, 5) is 31.4. The number of benzene rings is 4. The van der Waals surface area contributed by atoms with Crippen LogP contribution in [0, 0.1) is 5.82 Å². The average molecular weight is 574 g/mol. The van der Waals surface area contributed by atoms with Gasteiger partial charge in [0, 0.05) is 26.5 Å². The van der Waals surface area contributed by atoms with Crippen LogP contribution >= 0.6 is 34.7 Å². The molecule has 1 heterocycles. The number of thioether (sulfide) groups is 1. The molecule has 39 heavy (non-hydrogen) atoms. The van der Waals surface area contributed by atoms with E-state index in [-0.39, 0.29) is 11.5 Å². The van der Waals surface area contributed by atoms with Crippen LogP contribution in [0.25, 0.3) is 11.3 Å². The Balaban J connectivity index is 1.34. The number of hydrogen-bond acceptors (Lipinski definition) is 5. The van der Waals surface area contributed by atoms with Crippen molar-refractivity contribution >= 4 is 57.3 Å². The van der Waals surface area contributed by atoms with Crippen molar-refractivity contribution in [2.24, 2.45) is 0 Å². The lowest BCUT2D eigenvalue weighted by molar-refractivity contribution is -0.115. The molecule has 4 aromatic carbocycles. The van der Waals surface area contributed by atoms with Crippen molar-refractivity contribution in [1.29, 1.82) is 0 Å². The van der Waals surface area contributed by atoms with E-state index in [4.69, 9.17) is 11.6 Å². The third-order valence-electron chi connectivity index (χ3n) is 5.68. The lowest BCUT2D eigenvalue weighted by Crippen LogP contribution is -2.19. The van der Waals surface area contributed by atoms with Gasteiger partial charge in [0.05, 0.1) is 11.3 Å². The second-order valence-electron chi connectivity index (χ2n) is 8.40. The third kappa shape index (κ3) is 6.72. The normalized spacial score (nSPS) is 11.5. The molecule has 0 spiro atoms. The van der Waals surface area contributed by atoms with Gasteiger partial charge in [-0.2, -0.15) is 0 Å². The first-order valence-corrected chi connectivity index (χ1v) is 14.0. The second kappa shape index (κ2) is 12.3. The number of carbonyl (C=O) groups excluding carboxylic acids is 2. The zero-order valence-corrected chi connectivity index (χ0v) is 22.7. The lowest BCUT2D eigenvalue weighted by Gasteiger charge is -2.17. The Morgan fingerprint density at radius 2 is 1.62 bits per heavy atom. The third-order valence-corrected chi connectivity index (χ3v) is 7.94. The molecule has 9 heteroatoms. The molecule has 1 atom stereocenters. The molecule has 0 saturated heterocycles. The van der Waals surface area contributed by atoms with Crippen molar-refractivity contribution in [3.63, 3.8) is 0 Å². The topological polar surface area (TPSA) is 71.1 Å². The predicted octanol–water partition coefficient (Wildman–Crippen LogP) is 8.33. The number of rotatable bonds is 8. The maximum atomic E-state index is 14.0. The van der Waals surface area contributed by atoms with Gasteiger partial charge < -0.3 is 10.6 Å². The number of anilines is 2. The fourth-order valence-electron chi connectivity index (χ4n) is 3.78. The van der Waals surface area contributed by atoms with E-state index in [1.54, 1.807) is 36.4 Å². The quantitative estimate of drug-likeness (QED) is 0.183. The van der Waals surface area contributed by atoms with E-state index in [1.165, 1.54) is 41.3 Å². The number of halogens is 2. The fourth-order valence-corrected chi connectivity index (χ4v) is 5.72. The lowest BCUT2D eigenvalue weighted by atomic mass is 10.1. The molecule has 194 valence electrons. The Morgan fingerprint density at radius 3 is 2.38 bits per heavy atom. The van der Waals surface area contributed by atoms with Crippen LogP contribution in [0.3, 0.4) is 0 Å². The van der Waals surface area contributed by atoms with E-state index in [0.29, 0.717) is 15.8 Å². The van der Waals surface area contributed by atoms with Gasteiger partial charge in [-0.3, -0.25) is 9.59 Å². The molecular weight excluding hydrogens is 553 g/mol. The molecule has 0 bridgehead atoms. The first kappa shape index (κ1) is 26.6. The van der Waals surface area contributed by atoms with Crippen LogP contribution in [0.5, 0.6) is 0 Å². The van der Waals surface area contributed by atoms with Crippen LogP contribution < -0.4 is 10.6 Å². The molecule has 0 radical (unpaired) electrons. The van der Waals surface area contributed by atoms with E-state index in [9.17, 15) is 14.0 Å². The Kier molecular flexibility index (Phi) is 8.36. The smallest absolute Gasteiger partial charge is 0.258 e. The summed E-state index contributed by atoms with van der Waals surface area (Å²) in [6.07, 6.45) is 0. The number of hydrogen-bond donors (Lipinski definition) is 2. The van der Waals surface area contributed by atoms with Crippen LogP contribution in [0.2, 0.25) is 5.02 Å². The minimum Gasteiger partial charge on any atom is -0.322 e. The van der Waals surface area contributed by atoms with E-state index < -0.39 is 17.0 Å². The van der Waals surface area contributed by atoms with Crippen molar-refractivity contribution in [1.82, 2.24) is 4.98 Å². The van der Waals surface area contributed by atoms with Crippen molar-refractivity contribution < 1.29 is 14.0 Å². The van der Waals surface area contributed by atoms with Crippen LogP contribution in [0.15, 0.2) is 113 Å². The van der Waals surface area contributed by atoms with E-state index in [1.807, 2.05) is 53.9 Å². The summed E-state index contributed by atoms with van der Waals surface area (Å²) < 4.78 is 14.0. The second-order valence-corrected chi connectivity index (χ2v) is 10.9. The summed E-state index contributed by atoms with van der Waals surface area (Å²) in [5.41, 5.74) is 2.91. The Labute approximate surface area is 238 Å². The number of nitrogens with one attached hydrogen (secondary N) is 2. The fraction of sp³-hybridized carbons (Fsp3) is 0.0333. The minimum absolute atomic E-state index is 0.0430. The summed E-state index contributed by atoms with van der Waals surface area (Å²) >= 11 is 8.67. The Bertz CT molecular complexity index is 1610. The molecule has 0 fully saturated rings. The van der Waals surface area contributed by atoms with Gasteiger partial charge in [0.15, 0.2) is 5.13 Å². The summed E-state index contributed by atoms with van der Waals surface area (Å²) in [6, 6.07) is 29.7. The predicted molar refractivity (Wildman–Crippen MR) is 157 cm³/mol. The largest absolute Gasteiger partial charge is 0.322 e. The van der Waals surface area contributed by atoms with Crippen LogP contribution in [0.4, 0.5) is 15.2 Å². The summed E-state index contributed by atoms with van der Waals surface area (Å²) in [5.74, 6) is -1.38. The van der Waals surface area contributed by atoms with Crippen molar-refractivity contribution in [2.75, 3.05) is 10.6 Å². The highest BCUT2D eigenvalue weighted by molar-refractivity contribution is 8.00. The van der Waals surface area contributed by atoms with Gasteiger partial charge in [-0.1, -0.05) is 72.3 Å². The number of nitrogens with zero attached hydrogens (tertiary/aromatic N) is 1. The zero-order valence-electron chi connectivity index (χ0n) is 20.3. The summed E-state index contributed by atoms with van der Waals surface area (Å²) in [5, 5.41) is 8.09. The SMILES string of the molecule is O=C(Nc1cccc(SC(C(=O)Nc2nc(-c3ccc(Cl)cc3)cs2)c2ccccc2)c1)c1ccccc1F. The monoisotopic (exact) mass is 573 g/mol. The van der Waals surface area contributed by atoms with Crippen molar-refractivity contribution in [3.05, 3.63) is 130 Å². The molecule has 0 aliphatic heterocycles. The molecule has 2 amide bonds. The maximum Gasteiger partial charge on any atom is 0.258 e. The molecule has 1 aromatic heterocycles. The minimum atomic E-state index is -0.595. The van der Waals surface area contributed by atoms with E-state index >= 15 is 0 Å². The van der Waals surface area contributed by atoms with Gasteiger partial charge in [-0.15, -0.1) is 23.1 Å². The molecular formula is C30H21ClFN3O2S2. The highest BCUT2D eigenvalue weighted by atomic mass is 35.5. The Morgan fingerprint density at radius 1 is 0.872 bits per heavy atom. The van der Waals surface area contributed by atoms with Crippen molar-refractivity contribution in [3.8, 4) is 11.3 Å². The first-order valence-electron chi connectivity index (χ1n) is 11.9. The van der Waals surface area contributed by atoms with Crippen molar-refractivity contribution in [2.45, 2.75) is 10.1 Å². The van der Waals surface area contributed by atoms with Gasteiger partial charge in [-0.25, -0.2) is 9.37 Å². The van der Waals surface area contributed by atoms with Gasteiger partial charge >= 0.3 is 0 Å². The number of amides is 2. The highest BCUT2D eigenvalue weighted by Gasteiger charge is 2.23. The summed E-state index contributed by atoms with van der Waals surface area (Å²) in [7, 11) is 0. The molecule has 5 rings (SSSR count). The molecule has 2 N–H and O–H groups in total. The molecule has 0 aliphatic rings. The molecule has 5 nitrogen and oxygen atoms in total. The van der Waals surface area contributed by atoms with Crippen LogP contribution in [-0.4, -0.2) is 16.8 Å². The average Bonchev–Trinajstić information content (AvgIpc) is 3.41. The van der Waals surface area contributed by atoms with E-state index in [2.05, 4.69) is 15.6 Å². The molecule has 0 aliphatic carbocycles. The van der Waals surface area contributed by atoms with Crippen LogP contribution in [0.1, 0.15) is 21.2 Å². The highest BCUT2D eigenvalue weighted by Crippen LogP contribution is 2.38. The molecule has 5 aromatic rings. The standard InChI is InChI=1S/C30H21ClFN3O2S2/c31-21-15-13-19(14-16-21)26-18-38-30(34-26)35-29(37)27(20-7-2-1-3-8-20)39-23-10-6-9-22(17-23)33-28(36)24-11-4-5-12-25(24)32/h1-18,27H,(H,33,36)(H,34,35,37). The zero-order chi connectivity index (χ0) is 27.2. The Hall–Kier alpha value is -3.98. The van der Waals surface area contributed by atoms with Gasteiger partial charge in [0.1, 0.15) is 11.1 Å². The number of carbonyl (C=O) groups is 2. The first-order chi connectivity index (χ1) is 19.0.